The number of anilines is 1. The molecule has 116 valence electrons. The predicted molar refractivity (Wildman–Crippen MR) is 83.5 cm³/mol. The number of urea groups is 1. The number of nitrogens with one attached hydrogen (secondary N) is 1. The summed E-state index contributed by atoms with van der Waals surface area (Å²) < 4.78 is 0. The van der Waals surface area contributed by atoms with Crippen LogP contribution in [0.25, 0.3) is 0 Å². The first-order chi connectivity index (χ1) is 9.85. The van der Waals surface area contributed by atoms with E-state index in [1.165, 1.54) is 4.90 Å². The van der Waals surface area contributed by atoms with Gasteiger partial charge in [-0.2, -0.15) is 0 Å². The Labute approximate surface area is 126 Å². The average Bonchev–Trinajstić information content (AvgIpc) is 2.46. The van der Waals surface area contributed by atoms with Crippen LogP contribution in [0.1, 0.15) is 33.6 Å². The molecule has 0 aliphatic rings. The Hall–Kier alpha value is -2.04. The van der Waals surface area contributed by atoms with Crippen molar-refractivity contribution >= 4 is 17.7 Å². The standard InChI is InChI=1S/C16H24N2O3/c1-4-16(2,3)12-17-15(21)18(11-10-14(19)20)13-8-6-5-7-9-13/h5-9H,4,10-12H2,1-3H3,(H,17,21)(H,19,20). The van der Waals surface area contributed by atoms with Crippen LogP contribution in [-0.4, -0.2) is 30.2 Å². The second kappa shape index (κ2) is 7.67. The summed E-state index contributed by atoms with van der Waals surface area (Å²) in [4.78, 5) is 24.6. The van der Waals surface area contributed by atoms with Gasteiger partial charge in [-0.3, -0.25) is 9.69 Å². The molecule has 0 saturated carbocycles. The molecule has 0 bridgehead atoms. The Balaban J connectivity index is 2.76. The molecule has 0 aliphatic carbocycles. The van der Waals surface area contributed by atoms with Gasteiger partial charge < -0.3 is 10.4 Å². The molecule has 21 heavy (non-hydrogen) atoms. The number of carbonyl (C=O) groups is 2. The van der Waals surface area contributed by atoms with Crippen LogP contribution < -0.4 is 10.2 Å². The summed E-state index contributed by atoms with van der Waals surface area (Å²) in [5.74, 6) is -0.919. The molecule has 0 atom stereocenters. The topological polar surface area (TPSA) is 69.6 Å². The SMILES string of the molecule is CCC(C)(C)CNC(=O)N(CCC(=O)O)c1ccccc1. The van der Waals surface area contributed by atoms with E-state index in [0.717, 1.165) is 6.42 Å². The van der Waals surface area contributed by atoms with E-state index in [1.54, 1.807) is 12.1 Å². The summed E-state index contributed by atoms with van der Waals surface area (Å²) in [5, 5.41) is 11.7. The number of carboxylic acid groups (broad SMARTS) is 1. The zero-order valence-corrected chi connectivity index (χ0v) is 12.9. The van der Waals surface area contributed by atoms with Crippen LogP contribution in [0.3, 0.4) is 0 Å². The number of benzene rings is 1. The van der Waals surface area contributed by atoms with E-state index < -0.39 is 5.97 Å². The smallest absolute Gasteiger partial charge is 0.321 e. The number of rotatable bonds is 7. The van der Waals surface area contributed by atoms with Crippen LogP contribution in [0.4, 0.5) is 10.5 Å². The molecule has 1 rings (SSSR count). The molecule has 2 amide bonds. The number of aliphatic carboxylic acids is 1. The first-order valence-corrected chi connectivity index (χ1v) is 7.18. The van der Waals surface area contributed by atoms with Gasteiger partial charge in [-0.15, -0.1) is 0 Å². The van der Waals surface area contributed by atoms with E-state index in [-0.39, 0.29) is 24.4 Å². The minimum atomic E-state index is -0.919. The summed E-state index contributed by atoms with van der Waals surface area (Å²) in [5.41, 5.74) is 0.718. The van der Waals surface area contributed by atoms with E-state index in [1.807, 2.05) is 18.2 Å². The first-order valence-electron chi connectivity index (χ1n) is 7.18. The van der Waals surface area contributed by atoms with Crippen molar-refractivity contribution in [3.63, 3.8) is 0 Å². The Bertz CT molecular complexity index is 472. The normalized spacial score (nSPS) is 11.0. The summed E-state index contributed by atoms with van der Waals surface area (Å²) >= 11 is 0. The highest BCUT2D eigenvalue weighted by Gasteiger charge is 2.20. The molecule has 0 unspecified atom stereocenters. The molecule has 5 heteroatoms. The van der Waals surface area contributed by atoms with Crippen LogP contribution in [0.15, 0.2) is 30.3 Å². The summed E-state index contributed by atoms with van der Waals surface area (Å²) in [6, 6.07) is 8.85. The van der Waals surface area contributed by atoms with E-state index in [0.29, 0.717) is 12.2 Å². The Kier molecular flexibility index (Phi) is 6.21. The molecule has 0 heterocycles. The fourth-order valence-corrected chi connectivity index (χ4v) is 1.70. The van der Waals surface area contributed by atoms with Gasteiger partial charge in [0.2, 0.25) is 0 Å². The zero-order valence-electron chi connectivity index (χ0n) is 12.9. The van der Waals surface area contributed by atoms with Crippen molar-refractivity contribution in [2.45, 2.75) is 33.6 Å². The second-order valence-corrected chi connectivity index (χ2v) is 5.81. The van der Waals surface area contributed by atoms with Crippen LogP contribution in [-0.2, 0) is 4.79 Å². The average molecular weight is 292 g/mol. The number of carboxylic acids is 1. The maximum Gasteiger partial charge on any atom is 0.321 e. The van der Waals surface area contributed by atoms with Gasteiger partial charge in [-0.1, -0.05) is 39.0 Å². The maximum absolute atomic E-state index is 12.3. The van der Waals surface area contributed by atoms with E-state index in [2.05, 4.69) is 26.1 Å². The van der Waals surface area contributed by atoms with Crippen molar-refractivity contribution in [1.29, 1.82) is 0 Å². The molecule has 5 nitrogen and oxygen atoms in total. The van der Waals surface area contributed by atoms with Gasteiger partial charge in [0.1, 0.15) is 0 Å². The first kappa shape index (κ1) is 17.0. The second-order valence-electron chi connectivity index (χ2n) is 5.81. The van der Waals surface area contributed by atoms with Gasteiger partial charge in [0, 0.05) is 18.8 Å². The number of para-hydroxylation sites is 1. The molecular weight excluding hydrogens is 268 g/mol. The van der Waals surface area contributed by atoms with Crippen molar-refractivity contribution in [3.05, 3.63) is 30.3 Å². The number of hydrogen-bond acceptors (Lipinski definition) is 2. The summed E-state index contributed by atoms with van der Waals surface area (Å²) in [7, 11) is 0. The van der Waals surface area contributed by atoms with Crippen LogP contribution >= 0.6 is 0 Å². The number of carbonyl (C=O) groups excluding carboxylic acids is 1. The third kappa shape index (κ3) is 5.85. The lowest BCUT2D eigenvalue weighted by Crippen LogP contribution is -2.44. The van der Waals surface area contributed by atoms with E-state index in [4.69, 9.17) is 5.11 Å². The van der Waals surface area contributed by atoms with Crippen molar-refractivity contribution in [3.8, 4) is 0 Å². The molecule has 1 aromatic carbocycles. The highest BCUT2D eigenvalue weighted by Crippen LogP contribution is 2.19. The Morgan fingerprint density at radius 3 is 2.38 bits per heavy atom. The lowest BCUT2D eigenvalue weighted by molar-refractivity contribution is -0.136. The largest absolute Gasteiger partial charge is 0.481 e. The fraction of sp³-hybridized carbons (Fsp3) is 0.500. The van der Waals surface area contributed by atoms with E-state index >= 15 is 0 Å². The van der Waals surface area contributed by atoms with Crippen molar-refractivity contribution in [2.24, 2.45) is 5.41 Å². The molecule has 0 aromatic heterocycles. The molecular formula is C16H24N2O3. The molecule has 0 saturated heterocycles. The highest BCUT2D eigenvalue weighted by atomic mass is 16.4. The lowest BCUT2D eigenvalue weighted by Gasteiger charge is -2.27. The minimum Gasteiger partial charge on any atom is -0.481 e. The monoisotopic (exact) mass is 292 g/mol. The third-order valence-electron chi connectivity index (χ3n) is 3.54. The van der Waals surface area contributed by atoms with E-state index in [9.17, 15) is 9.59 Å². The van der Waals surface area contributed by atoms with Gasteiger partial charge in [0.25, 0.3) is 0 Å². The molecule has 0 radical (unpaired) electrons. The fourth-order valence-electron chi connectivity index (χ4n) is 1.70. The highest BCUT2D eigenvalue weighted by molar-refractivity contribution is 5.92. The Morgan fingerprint density at radius 1 is 1.24 bits per heavy atom. The summed E-state index contributed by atoms with van der Waals surface area (Å²) in [6.07, 6.45) is 0.868. The third-order valence-corrected chi connectivity index (χ3v) is 3.54. The quantitative estimate of drug-likeness (QED) is 0.811. The molecule has 0 aliphatic heterocycles. The molecule has 1 aromatic rings. The molecule has 2 N–H and O–H groups in total. The lowest BCUT2D eigenvalue weighted by atomic mass is 9.90. The van der Waals surface area contributed by atoms with Crippen molar-refractivity contribution < 1.29 is 14.7 Å². The summed E-state index contributed by atoms with van der Waals surface area (Å²) in [6.45, 7) is 6.94. The minimum absolute atomic E-state index is 0.0187. The number of amides is 2. The maximum atomic E-state index is 12.3. The van der Waals surface area contributed by atoms with Crippen molar-refractivity contribution in [1.82, 2.24) is 5.32 Å². The van der Waals surface area contributed by atoms with Crippen molar-refractivity contribution in [2.75, 3.05) is 18.0 Å². The van der Waals surface area contributed by atoms with Crippen LogP contribution in [0.5, 0.6) is 0 Å². The molecule has 0 spiro atoms. The van der Waals surface area contributed by atoms with Gasteiger partial charge in [0.05, 0.1) is 6.42 Å². The molecule has 0 fully saturated rings. The van der Waals surface area contributed by atoms with Crippen LogP contribution in [0, 0.1) is 5.41 Å². The number of hydrogen-bond donors (Lipinski definition) is 2. The van der Waals surface area contributed by atoms with Gasteiger partial charge in [-0.05, 0) is 24.0 Å². The van der Waals surface area contributed by atoms with Crippen LogP contribution in [0.2, 0.25) is 0 Å². The van der Waals surface area contributed by atoms with Gasteiger partial charge in [-0.25, -0.2) is 4.79 Å². The van der Waals surface area contributed by atoms with Gasteiger partial charge >= 0.3 is 12.0 Å². The predicted octanol–water partition coefficient (Wildman–Crippen LogP) is 3.11. The zero-order chi connectivity index (χ0) is 15.9. The number of nitrogens with zero attached hydrogens (tertiary/aromatic N) is 1. The Morgan fingerprint density at radius 2 is 1.86 bits per heavy atom. The van der Waals surface area contributed by atoms with Gasteiger partial charge in [0.15, 0.2) is 0 Å².